The van der Waals surface area contributed by atoms with Gasteiger partial charge < -0.3 is 20.9 Å². The molecule has 1 saturated heterocycles. The van der Waals surface area contributed by atoms with Gasteiger partial charge in [-0.05, 0) is 110 Å². The quantitative estimate of drug-likeness (QED) is 0.216. The predicted octanol–water partition coefficient (Wildman–Crippen LogP) is 4.44. The molecule has 0 spiro atoms. The molecule has 1 atom stereocenters. The van der Waals surface area contributed by atoms with Crippen molar-refractivity contribution in [3.8, 4) is 22.5 Å². The van der Waals surface area contributed by atoms with Crippen LogP contribution in [-0.4, -0.2) is 87.8 Å². The van der Waals surface area contributed by atoms with Gasteiger partial charge in [0.1, 0.15) is 5.78 Å². The van der Waals surface area contributed by atoms with E-state index in [2.05, 4.69) is 44.0 Å². The Labute approximate surface area is 281 Å². The third kappa shape index (κ3) is 8.21. The lowest BCUT2D eigenvalue weighted by Gasteiger charge is -2.32. The number of carbonyl (C=O) groups excluding carboxylic acids is 3. The van der Waals surface area contributed by atoms with Crippen LogP contribution in [0.4, 0.5) is 5.69 Å². The van der Waals surface area contributed by atoms with E-state index in [-0.39, 0.29) is 29.9 Å². The van der Waals surface area contributed by atoms with Gasteiger partial charge in [-0.25, -0.2) is 0 Å². The summed E-state index contributed by atoms with van der Waals surface area (Å²) in [6.45, 7) is 3.88. The number of aromatic amines is 1. The molecule has 0 radical (unpaired) electrons. The molecular weight excluding hydrogens is 604 g/mol. The van der Waals surface area contributed by atoms with Crippen molar-refractivity contribution in [2.45, 2.75) is 38.5 Å². The minimum absolute atomic E-state index is 0.0317. The molecule has 4 N–H and O–H groups in total. The van der Waals surface area contributed by atoms with Gasteiger partial charge in [0.15, 0.2) is 0 Å². The number of benzene rings is 3. The number of hydrogen-bond donors (Lipinski definition) is 3. The van der Waals surface area contributed by atoms with E-state index in [1.165, 1.54) is 0 Å². The van der Waals surface area contributed by atoms with Crippen molar-refractivity contribution in [1.82, 2.24) is 30.4 Å². The highest BCUT2D eigenvalue weighted by Crippen LogP contribution is 2.31. The molecule has 2 fully saturated rings. The zero-order valence-electron chi connectivity index (χ0n) is 27.5. The molecule has 11 heteroatoms. The molecule has 0 bridgehead atoms. The second-order valence-corrected chi connectivity index (χ2v) is 13.2. The Hall–Kier alpha value is -4.74. The fraction of sp³-hybridized carbons (Fsp3) is 0.405. The first-order valence-corrected chi connectivity index (χ1v) is 16.9. The van der Waals surface area contributed by atoms with Crippen LogP contribution >= 0.6 is 0 Å². The van der Waals surface area contributed by atoms with Gasteiger partial charge >= 0.3 is 0 Å². The number of tetrazole rings is 1. The molecule has 48 heavy (non-hydrogen) atoms. The number of amides is 2. The van der Waals surface area contributed by atoms with Crippen LogP contribution in [0.15, 0.2) is 72.8 Å². The normalized spacial score (nSPS) is 19.1. The van der Waals surface area contributed by atoms with Gasteiger partial charge in [0, 0.05) is 61.2 Å². The number of Topliss-reactive ketones (excluding diaryl/α,β-unsaturated/α-hetero) is 1. The molecule has 0 unspecified atom stereocenters. The van der Waals surface area contributed by atoms with Crippen molar-refractivity contribution in [2.75, 3.05) is 45.1 Å². The number of carbonyl (C=O) groups is 3. The van der Waals surface area contributed by atoms with Crippen molar-refractivity contribution in [3.05, 3.63) is 83.9 Å². The lowest BCUT2D eigenvalue weighted by molar-refractivity contribution is -0.129. The van der Waals surface area contributed by atoms with E-state index in [1.54, 1.807) is 12.1 Å². The summed E-state index contributed by atoms with van der Waals surface area (Å²) in [5, 5.41) is 17.1. The Bertz CT molecular complexity index is 1670. The van der Waals surface area contributed by atoms with Crippen molar-refractivity contribution >= 4 is 23.3 Å². The van der Waals surface area contributed by atoms with Gasteiger partial charge in [-0.3, -0.25) is 14.4 Å². The maximum atomic E-state index is 13.8. The van der Waals surface area contributed by atoms with Crippen LogP contribution in [0, 0.1) is 17.8 Å². The zero-order valence-corrected chi connectivity index (χ0v) is 27.5. The third-order valence-electron chi connectivity index (χ3n) is 9.87. The maximum Gasteiger partial charge on any atom is 0.253 e. The molecule has 250 valence electrons. The molecule has 6 rings (SSSR count). The Morgan fingerprint density at radius 1 is 0.896 bits per heavy atom. The second-order valence-electron chi connectivity index (χ2n) is 13.2. The molecule has 1 aliphatic carbocycles. The van der Waals surface area contributed by atoms with Gasteiger partial charge in [-0.1, -0.05) is 36.4 Å². The summed E-state index contributed by atoms with van der Waals surface area (Å²) in [5.41, 5.74) is 10.9. The predicted molar refractivity (Wildman–Crippen MR) is 185 cm³/mol. The average molecular weight is 649 g/mol. The summed E-state index contributed by atoms with van der Waals surface area (Å²) >= 11 is 0. The van der Waals surface area contributed by atoms with Crippen LogP contribution in [0.25, 0.3) is 22.5 Å². The zero-order chi connectivity index (χ0) is 33.5. The highest BCUT2D eigenvalue weighted by atomic mass is 16.2. The first-order valence-electron chi connectivity index (χ1n) is 16.9. The van der Waals surface area contributed by atoms with E-state index in [9.17, 15) is 14.4 Å². The summed E-state index contributed by atoms with van der Waals surface area (Å²) in [4.78, 5) is 44.6. The number of aromatic nitrogens is 4. The third-order valence-corrected chi connectivity index (χ3v) is 9.87. The van der Waals surface area contributed by atoms with Crippen LogP contribution in [0.1, 0.15) is 48.0 Å². The molecule has 2 heterocycles. The van der Waals surface area contributed by atoms with E-state index in [0.29, 0.717) is 36.0 Å². The SMILES string of the molecule is CN1CCN(C(=O)c2ccc(-c3cccc(C[C@H](CC(=O)C4CCC(CN)CC4)C(=O)Nc4ccc(-c5nn[nH]n5)cc4)c3)cc2)CC1. The van der Waals surface area contributed by atoms with Gasteiger partial charge in [-0.2, -0.15) is 5.21 Å². The van der Waals surface area contributed by atoms with Crippen molar-refractivity contribution in [1.29, 1.82) is 0 Å². The lowest BCUT2D eigenvalue weighted by atomic mass is 9.77. The molecular formula is C37H44N8O3. The molecule has 2 aliphatic rings. The largest absolute Gasteiger partial charge is 0.336 e. The van der Waals surface area contributed by atoms with E-state index in [1.807, 2.05) is 59.5 Å². The minimum atomic E-state index is -0.541. The Morgan fingerprint density at radius 3 is 2.27 bits per heavy atom. The van der Waals surface area contributed by atoms with Gasteiger partial charge in [-0.15, -0.1) is 10.2 Å². The smallest absolute Gasteiger partial charge is 0.253 e. The van der Waals surface area contributed by atoms with Crippen LogP contribution in [0.2, 0.25) is 0 Å². The lowest BCUT2D eigenvalue weighted by Crippen LogP contribution is -2.47. The van der Waals surface area contributed by atoms with Crippen molar-refractivity contribution in [2.24, 2.45) is 23.5 Å². The molecule has 11 nitrogen and oxygen atoms in total. The number of ketones is 1. The number of nitrogens with zero attached hydrogens (tertiary/aromatic N) is 5. The summed E-state index contributed by atoms with van der Waals surface area (Å²) < 4.78 is 0. The summed E-state index contributed by atoms with van der Waals surface area (Å²) in [6, 6.07) is 23.1. The number of piperazine rings is 1. The van der Waals surface area contributed by atoms with Crippen LogP contribution in [0.3, 0.4) is 0 Å². The highest BCUT2D eigenvalue weighted by molar-refractivity contribution is 5.96. The minimum Gasteiger partial charge on any atom is -0.336 e. The van der Waals surface area contributed by atoms with Crippen LogP contribution in [-0.2, 0) is 16.0 Å². The summed E-state index contributed by atoms with van der Waals surface area (Å²) in [6.07, 6.45) is 4.17. The molecule has 1 aromatic heterocycles. The van der Waals surface area contributed by atoms with Gasteiger partial charge in [0.25, 0.3) is 5.91 Å². The summed E-state index contributed by atoms with van der Waals surface area (Å²) in [7, 11) is 2.07. The van der Waals surface area contributed by atoms with Gasteiger partial charge in [0.05, 0.1) is 0 Å². The summed E-state index contributed by atoms with van der Waals surface area (Å²) in [5.74, 6) is 0.388. The van der Waals surface area contributed by atoms with E-state index >= 15 is 0 Å². The molecule has 3 aromatic carbocycles. The monoisotopic (exact) mass is 648 g/mol. The van der Waals surface area contributed by atoms with Crippen molar-refractivity contribution < 1.29 is 14.4 Å². The molecule has 1 saturated carbocycles. The number of hydrogen-bond acceptors (Lipinski definition) is 8. The maximum absolute atomic E-state index is 13.8. The van der Waals surface area contributed by atoms with Crippen LogP contribution < -0.4 is 11.1 Å². The van der Waals surface area contributed by atoms with Crippen molar-refractivity contribution in [3.63, 3.8) is 0 Å². The fourth-order valence-electron chi connectivity index (χ4n) is 6.78. The number of anilines is 1. The van der Waals surface area contributed by atoms with E-state index < -0.39 is 5.92 Å². The number of nitrogens with one attached hydrogen (secondary N) is 2. The first kappa shape index (κ1) is 33.2. The Kier molecular flexibility index (Phi) is 10.7. The topological polar surface area (TPSA) is 150 Å². The molecule has 1 aliphatic heterocycles. The number of H-pyrrole nitrogens is 1. The van der Waals surface area contributed by atoms with E-state index in [4.69, 9.17) is 5.73 Å². The molecule has 4 aromatic rings. The first-order chi connectivity index (χ1) is 23.4. The Balaban J connectivity index is 1.16. The van der Waals surface area contributed by atoms with Crippen LogP contribution in [0.5, 0.6) is 0 Å². The highest BCUT2D eigenvalue weighted by Gasteiger charge is 2.30. The second kappa shape index (κ2) is 15.4. The number of nitrogens with two attached hydrogens (primary N) is 1. The average Bonchev–Trinajstić information content (AvgIpc) is 3.67. The standard InChI is InChI=1S/C37H44N8O3/c1-44-17-19-45(20-18-44)37(48)30-11-9-27(10-12-30)31-4-2-3-26(21-31)22-32(23-34(46)28-7-5-25(24-38)6-8-28)36(47)39-33-15-13-29(14-16-33)35-40-42-43-41-35/h2-4,9-16,21,25,28,32H,5-8,17-20,22-24,38H2,1H3,(H,39,47)(H,40,41,42,43)/t25?,28?,32-/m1/s1. The number of rotatable bonds is 11. The molecule has 2 amide bonds. The van der Waals surface area contributed by atoms with Gasteiger partial charge in [0.2, 0.25) is 11.7 Å². The Morgan fingerprint density at radius 2 is 1.60 bits per heavy atom. The fourth-order valence-corrected chi connectivity index (χ4v) is 6.78. The number of likely N-dealkylation sites (N-methyl/N-ethyl adjacent to an activating group) is 1. The van der Waals surface area contributed by atoms with E-state index in [0.717, 1.165) is 74.1 Å².